The van der Waals surface area contributed by atoms with Crippen molar-refractivity contribution in [2.75, 3.05) is 19.6 Å². The van der Waals surface area contributed by atoms with E-state index in [-0.39, 0.29) is 5.91 Å². The molecule has 0 unspecified atom stereocenters. The lowest BCUT2D eigenvalue weighted by Crippen LogP contribution is -2.35. The Hall–Kier alpha value is -1.29. The van der Waals surface area contributed by atoms with Crippen LogP contribution in [0.25, 0.3) is 0 Å². The molecule has 1 rings (SSSR count). The van der Waals surface area contributed by atoms with Gasteiger partial charge in [0.05, 0.1) is 6.26 Å². The van der Waals surface area contributed by atoms with E-state index >= 15 is 0 Å². The quantitative estimate of drug-likeness (QED) is 0.762. The Kier molecular flexibility index (Phi) is 4.90. The van der Waals surface area contributed by atoms with Crippen LogP contribution in [0.15, 0.2) is 22.8 Å². The number of hydrogen-bond donors (Lipinski definition) is 1. The summed E-state index contributed by atoms with van der Waals surface area (Å²) in [4.78, 5) is 13.5. The molecule has 0 aliphatic heterocycles. The molecule has 4 nitrogen and oxygen atoms in total. The molecule has 0 bridgehead atoms. The van der Waals surface area contributed by atoms with Crippen LogP contribution in [0, 0.1) is 0 Å². The van der Waals surface area contributed by atoms with Crippen LogP contribution in [0.5, 0.6) is 0 Å². The molecule has 0 aliphatic rings. The van der Waals surface area contributed by atoms with E-state index in [0.29, 0.717) is 32.5 Å². The van der Waals surface area contributed by atoms with Gasteiger partial charge in [-0.25, -0.2) is 0 Å². The van der Waals surface area contributed by atoms with Crippen molar-refractivity contribution in [2.24, 2.45) is 5.73 Å². The van der Waals surface area contributed by atoms with Gasteiger partial charge in [-0.3, -0.25) is 4.79 Å². The van der Waals surface area contributed by atoms with Crippen LogP contribution in [-0.2, 0) is 11.2 Å². The molecule has 0 saturated heterocycles. The predicted molar refractivity (Wildman–Crippen MR) is 58.3 cm³/mol. The minimum absolute atomic E-state index is 0.138. The van der Waals surface area contributed by atoms with E-state index in [9.17, 15) is 4.79 Å². The van der Waals surface area contributed by atoms with Crippen LogP contribution < -0.4 is 5.73 Å². The number of carbonyl (C=O) groups is 1. The van der Waals surface area contributed by atoms with E-state index in [1.807, 2.05) is 19.1 Å². The summed E-state index contributed by atoms with van der Waals surface area (Å²) in [6.07, 6.45) is 2.77. The van der Waals surface area contributed by atoms with Crippen molar-refractivity contribution >= 4 is 5.91 Å². The number of rotatable bonds is 6. The molecular weight excluding hydrogens is 192 g/mol. The highest BCUT2D eigenvalue weighted by molar-refractivity contribution is 5.76. The van der Waals surface area contributed by atoms with Gasteiger partial charge >= 0.3 is 0 Å². The highest BCUT2D eigenvalue weighted by Crippen LogP contribution is 2.05. The van der Waals surface area contributed by atoms with Crippen LogP contribution in [0.2, 0.25) is 0 Å². The van der Waals surface area contributed by atoms with E-state index in [2.05, 4.69) is 0 Å². The summed E-state index contributed by atoms with van der Waals surface area (Å²) >= 11 is 0. The fourth-order valence-electron chi connectivity index (χ4n) is 1.46. The predicted octanol–water partition coefficient (Wildman–Crippen LogP) is 1.02. The summed E-state index contributed by atoms with van der Waals surface area (Å²) in [5.74, 6) is 0.992. The monoisotopic (exact) mass is 210 g/mol. The highest BCUT2D eigenvalue weighted by atomic mass is 16.3. The second kappa shape index (κ2) is 6.24. The Bertz CT molecular complexity index is 283. The molecule has 15 heavy (non-hydrogen) atoms. The Balaban J connectivity index is 2.34. The summed E-state index contributed by atoms with van der Waals surface area (Å²) in [5.41, 5.74) is 5.42. The molecule has 1 heterocycles. The molecule has 1 amide bonds. The molecule has 0 fully saturated rings. The maximum atomic E-state index is 11.7. The lowest BCUT2D eigenvalue weighted by Gasteiger charge is -2.19. The van der Waals surface area contributed by atoms with Gasteiger partial charge in [0.1, 0.15) is 5.76 Å². The van der Waals surface area contributed by atoms with Crippen molar-refractivity contribution in [1.29, 1.82) is 0 Å². The third kappa shape index (κ3) is 3.75. The lowest BCUT2D eigenvalue weighted by molar-refractivity contribution is -0.130. The molecule has 0 radical (unpaired) electrons. The maximum absolute atomic E-state index is 11.7. The molecule has 0 saturated carbocycles. The number of likely N-dealkylation sites (N-methyl/N-ethyl adjacent to an activating group) is 1. The largest absolute Gasteiger partial charge is 0.469 e. The minimum atomic E-state index is 0.138. The van der Waals surface area contributed by atoms with Gasteiger partial charge in [-0.1, -0.05) is 0 Å². The maximum Gasteiger partial charge on any atom is 0.223 e. The lowest BCUT2D eigenvalue weighted by atomic mass is 10.2. The van der Waals surface area contributed by atoms with Gasteiger partial charge in [-0.15, -0.1) is 0 Å². The molecule has 1 aromatic heterocycles. The summed E-state index contributed by atoms with van der Waals surface area (Å²) in [5, 5.41) is 0. The van der Waals surface area contributed by atoms with E-state index < -0.39 is 0 Å². The SMILES string of the molecule is CCN(CCN)C(=O)CCc1ccco1. The fourth-order valence-corrected chi connectivity index (χ4v) is 1.46. The first-order chi connectivity index (χ1) is 7.27. The molecule has 0 atom stereocenters. The summed E-state index contributed by atoms with van der Waals surface area (Å²) in [6.45, 7) is 3.82. The van der Waals surface area contributed by atoms with Crippen LogP contribution in [0.4, 0.5) is 0 Å². The van der Waals surface area contributed by atoms with Gasteiger partial charge in [0.15, 0.2) is 0 Å². The first-order valence-corrected chi connectivity index (χ1v) is 5.28. The number of nitrogens with two attached hydrogens (primary N) is 1. The Morgan fingerprint density at radius 2 is 2.40 bits per heavy atom. The van der Waals surface area contributed by atoms with Gasteiger partial charge in [0, 0.05) is 32.5 Å². The number of carbonyl (C=O) groups excluding carboxylic acids is 1. The van der Waals surface area contributed by atoms with Crippen molar-refractivity contribution in [3.8, 4) is 0 Å². The Labute approximate surface area is 90.0 Å². The average molecular weight is 210 g/mol. The van der Waals surface area contributed by atoms with Crippen molar-refractivity contribution in [3.63, 3.8) is 0 Å². The molecule has 0 aliphatic carbocycles. The molecule has 0 spiro atoms. The van der Waals surface area contributed by atoms with Crippen LogP contribution in [-0.4, -0.2) is 30.4 Å². The van der Waals surface area contributed by atoms with Crippen molar-refractivity contribution in [1.82, 2.24) is 4.90 Å². The topological polar surface area (TPSA) is 59.5 Å². The van der Waals surface area contributed by atoms with Gasteiger partial charge in [-0.2, -0.15) is 0 Å². The van der Waals surface area contributed by atoms with Crippen LogP contribution in [0.3, 0.4) is 0 Å². The number of amides is 1. The molecular formula is C11H18N2O2. The molecule has 2 N–H and O–H groups in total. The van der Waals surface area contributed by atoms with Gasteiger partial charge in [-0.05, 0) is 19.1 Å². The molecule has 0 aromatic carbocycles. The first-order valence-electron chi connectivity index (χ1n) is 5.28. The molecule has 1 aromatic rings. The normalized spacial score (nSPS) is 10.3. The average Bonchev–Trinajstić information content (AvgIpc) is 2.75. The Morgan fingerprint density at radius 1 is 1.60 bits per heavy atom. The number of nitrogens with zero attached hydrogens (tertiary/aromatic N) is 1. The van der Waals surface area contributed by atoms with Gasteiger partial charge < -0.3 is 15.1 Å². The zero-order chi connectivity index (χ0) is 11.1. The fraction of sp³-hybridized carbons (Fsp3) is 0.545. The van der Waals surface area contributed by atoms with E-state index in [4.69, 9.17) is 10.2 Å². The van der Waals surface area contributed by atoms with Gasteiger partial charge in [0.2, 0.25) is 5.91 Å². The zero-order valence-corrected chi connectivity index (χ0v) is 9.11. The van der Waals surface area contributed by atoms with Crippen LogP contribution in [0.1, 0.15) is 19.1 Å². The third-order valence-corrected chi connectivity index (χ3v) is 2.30. The minimum Gasteiger partial charge on any atom is -0.469 e. The number of aryl methyl sites for hydroxylation is 1. The van der Waals surface area contributed by atoms with E-state index in [1.54, 1.807) is 11.2 Å². The number of hydrogen-bond acceptors (Lipinski definition) is 3. The van der Waals surface area contributed by atoms with Crippen molar-refractivity contribution in [3.05, 3.63) is 24.2 Å². The van der Waals surface area contributed by atoms with Crippen molar-refractivity contribution < 1.29 is 9.21 Å². The number of furan rings is 1. The summed E-state index contributed by atoms with van der Waals surface area (Å²) in [6, 6.07) is 3.71. The van der Waals surface area contributed by atoms with Crippen LogP contribution >= 0.6 is 0 Å². The van der Waals surface area contributed by atoms with Gasteiger partial charge in [0.25, 0.3) is 0 Å². The summed E-state index contributed by atoms with van der Waals surface area (Å²) in [7, 11) is 0. The van der Waals surface area contributed by atoms with Crippen molar-refractivity contribution in [2.45, 2.75) is 19.8 Å². The Morgan fingerprint density at radius 3 is 2.93 bits per heavy atom. The van der Waals surface area contributed by atoms with E-state index in [1.165, 1.54) is 0 Å². The third-order valence-electron chi connectivity index (χ3n) is 2.30. The summed E-state index contributed by atoms with van der Waals surface area (Å²) < 4.78 is 5.16. The first kappa shape index (κ1) is 11.8. The molecule has 84 valence electrons. The standard InChI is InChI=1S/C11H18N2O2/c1-2-13(8-7-12)11(14)6-5-10-4-3-9-15-10/h3-4,9H,2,5-8,12H2,1H3. The smallest absolute Gasteiger partial charge is 0.223 e. The second-order valence-corrected chi connectivity index (χ2v) is 3.34. The zero-order valence-electron chi connectivity index (χ0n) is 9.11. The molecule has 4 heteroatoms. The highest BCUT2D eigenvalue weighted by Gasteiger charge is 2.10. The second-order valence-electron chi connectivity index (χ2n) is 3.34. The van der Waals surface area contributed by atoms with E-state index in [0.717, 1.165) is 5.76 Å².